The molecule has 5 heterocycles. The van der Waals surface area contributed by atoms with E-state index in [9.17, 15) is 0 Å². The summed E-state index contributed by atoms with van der Waals surface area (Å²) in [6, 6.07) is 11.4. The van der Waals surface area contributed by atoms with E-state index in [1.807, 2.05) is 57.8 Å². The third-order valence-corrected chi connectivity index (χ3v) is 5.57. The molecular formula is C20H15ClN6OS. The molecule has 9 heteroatoms. The van der Waals surface area contributed by atoms with E-state index in [0.717, 1.165) is 33.6 Å². The predicted octanol–water partition coefficient (Wildman–Crippen LogP) is 4.57. The van der Waals surface area contributed by atoms with Crippen molar-refractivity contribution in [2.45, 2.75) is 17.5 Å². The molecule has 0 bridgehead atoms. The van der Waals surface area contributed by atoms with Gasteiger partial charge in [0.05, 0.1) is 23.5 Å². The Kier molecular flexibility index (Phi) is 4.79. The van der Waals surface area contributed by atoms with Gasteiger partial charge in [-0.05, 0) is 36.4 Å². The summed E-state index contributed by atoms with van der Waals surface area (Å²) in [6.45, 7) is 0.535. The van der Waals surface area contributed by atoms with Gasteiger partial charge in [-0.2, -0.15) is 0 Å². The lowest BCUT2D eigenvalue weighted by molar-refractivity contribution is 0.485. The van der Waals surface area contributed by atoms with E-state index in [4.69, 9.17) is 16.0 Å². The maximum atomic E-state index is 6.06. The number of aromatic nitrogens is 6. The quantitative estimate of drug-likeness (QED) is 0.373. The van der Waals surface area contributed by atoms with E-state index >= 15 is 0 Å². The minimum absolute atomic E-state index is 0.535. The monoisotopic (exact) mass is 422 g/mol. The van der Waals surface area contributed by atoms with Crippen LogP contribution in [0.4, 0.5) is 0 Å². The first-order chi connectivity index (χ1) is 14.3. The second-order valence-corrected chi connectivity index (χ2v) is 7.73. The average molecular weight is 423 g/mol. The summed E-state index contributed by atoms with van der Waals surface area (Å²) in [5.41, 5.74) is 2.70. The molecule has 144 valence electrons. The van der Waals surface area contributed by atoms with Crippen LogP contribution in [0.5, 0.6) is 0 Å². The largest absolute Gasteiger partial charge is 0.467 e. The molecule has 0 N–H and O–H groups in total. The zero-order valence-corrected chi connectivity index (χ0v) is 16.7. The molecular weight excluding hydrogens is 408 g/mol. The van der Waals surface area contributed by atoms with Crippen LogP contribution in [0.15, 0.2) is 77.0 Å². The smallest absolute Gasteiger partial charge is 0.192 e. The topological polar surface area (TPSA) is 74.0 Å². The number of hydrogen-bond donors (Lipinski definition) is 0. The van der Waals surface area contributed by atoms with Gasteiger partial charge in [-0.15, -0.1) is 10.2 Å². The maximum absolute atomic E-state index is 6.06. The molecule has 0 aromatic carbocycles. The fourth-order valence-electron chi connectivity index (χ4n) is 3.03. The van der Waals surface area contributed by atoms with Crippen molar-refractivity contribution < 1.29 is 4.42 Å². The Hall–Kier alpha value is -3.10. The van der Waals surface area contributed by atoms with E-state index in [-0.39, 0.29) is 0 Å². The number of rotatable bonds is 6. The SMILES string of the molecule is Clc1ccc2nc(CSc3nnc(-c4cccnc4)n3Cc3ccco3)cn2c1. The lowest BCUT2D eigenvalue weighted by Crippen LogP contribution is -2.03. The van der Waals surface area contributed by atoms with Gasteiger partial charge >= 0.3 is 0 Å². The highest BCUT2D eigenvalue weighted by Gasteiger charge is 2.16. The maximum Gasteiger partial charge on any atom is 0.192 e. The third kappa shape index (κ3) is 3.76. The van der Waals surface area contributed by atoms with Crippen molar-refractivity contribution in [2.75, 3.05) is 0 Å². The van der Waals surface area contributed by atoms with E-state index in [0.29, 0.717) is 17.3 Å². The fourth-order valence-corrected chi connectivity index (χ4v) is 4.02. The summed E-state index contributed by atoms with van der Waals surface area (Å²) in [7, 11) is 0. The minimum Gasteiger partial charge on any atom is -0.467 e. The Labute approximate surface area is 175 Å². The summed E-state index contributed by atoms with van der Waals surface area (Å²) in [5.74, 6) is 2.24. The van der Waals surface area contributed by atoms with Crippen LogP contribution in [-0.4, -0.2) is 29.1 Å². The Morgan fingerprint density at radius 2 is 2.03 bits per heavy atom. The standard InChI is InChI=1S/C20H15ClN6OS/c21-15-5-6-18-23-16(11-26(18)10-15)13-29-20-25-24-19(14-3-1-7-22-9-14)27(20)12-17-4-2-8-28-17/h1-11H,12-13H2. The van der Waals surface area contributed by atoms with Crippen molar-refractivity contribution >= 4 is 29.0 Å². The highest BCUT2D eigenvalue weighted by atomic mass is 35.5. The van der Waals surface area contributed by atoms with Gasteiger partial charge in [0.15, 0.2) is 11.0 Å². The Morgan fingerprint density at radius 3 is 2.86 bits per heavy atom. The lowest BCUT2D eigenvalue weighted by Gasteiger charge is -2.08. The number of hydrogen-bond acceptors (Lipinski definition) is 6. The molecule has 5 rings (SSSR count). The van der Waals surface area contributed by atoms with Crippen LogP contribution in [0.25, 0.3) is 17.0 Å². The highest BCUT2D eigenvalue weighted by Crippen LogP contribution is 2.27. The van der Waals surface area contributed by atoms with E-state index in [1.165, 1.54) is 0 Å². The average Bonchev–Trinajstić information content (AvgIpc) is 3.47. The molecule has 0 unspecified atom stereocenters. The van der Waals surface area contributed by atoms with Crippen LogP contribution in [0.1, 0.15) is 11.5 Å². The number of nitrogens with zero attached hydrogens (tertiary/aromatic N) is 6. The number of imidazole rings is 1. The van der Waals surface area contributed by atoms with Gasteiger partial charge in [-0.25, -0.2) is 4.98 Å². The Morgan fingerprint density at radius 1 is 1.07 bits per heavy atom. The molecule has 0 fully saturated rings. The van der Waals surface area contributed by atoms with E-state index in [2.05, 4.69) is 20.2 Å². The molecule has 0 spiro atoms. The first-order valence-electron chi connectivity index (χ1n) is 8.88. The third-order valence-electron chi connectivity index (χ3n) is 4.34. The van der Waals surface area contributed by atoms with Crippen molar-refractivity contribution in [3.63, 3.8) is 0 Å². The zero-order chi connectivity index (χ0) is 19.6. The first kappa shape index (κ1) is 18.0. The summed E-state index contributed by atoms with van der Waals surface area (Å²) in [6.07, 6.45) is 9.00. The van der Waals surface area contributed by atoms with Gasteiger partial charge in [0.1, 0.15) is 11.4 Å². The fraction of sp³-hybridized carbons (Fsp3) is 0.100. The van der Waals surface area contributed by atoms with E-state index in [1.54, 1.807) is 30.4 Å². The van der Waals surface area contributed by atoms with Crippen molar-refractivity contribution in [1.82, 2.24) is 29.1 Å². The molecule has 0 aliphatic heterocycles. The molecule has 5 aromatic rings. The number of pyridine rings is 2. The second kappa shape index (κ2) is 7.73. The number of thioether (sulfide) groups is 1. The second-order valence-electron chi connectivity index (χ2n) is 6.35. The molecule has 0 aliphatic carbocycles. The van der Waals surface area contributed by atoms with Crippen molar-refractivity contribution in [3.05, 3.63) is 83.9 Å². The van der Waals surface area contributed by atoms with Gasteiger partial charge in [0, 0.05) is 36.1 Å². The van der Waals surface area contributed by atoms with Gasteiger partial charge in [0.25, 0.3) is 0 Å². The Balaban J connectivity index is 1.44. The van der Waals surface area contributed by atoms with Crippen molar-refractivity contribution in [2.24, 2.45) is 0 Å². The van der Waals surface area contributed by atoms with Crippen LogP contribution >= 0.6 is 23.4 Å². The molecule has 0 saturated carbocycles. The van der Waals surface area contributed by atoms with Crippen molar-refractivity contribution in [3.8, 4) is 11.4 Å². The van der Waals surface area contributed by atoms with Crippen LogP contribution < -0.4 is 0 Å². The molecule has 5 aromatic heterocycles. The number of furan rings is 1. The van der Waals surface area contributed by atoms with Gasteiger partial charge < -0.3 is 8.82 Å². The molecule has 7 nitrogen and oxygen atoms in total. The van der Waals surface area contributed by atoms with Crippen LogP contribution in [0.2, 0.25) is 5.02 Å². The first-order valence-corrected chi connectivity index (χ1v) is 10.2. The minimum atomic E-state index is 0.535. The van der Waals surface area contributed by atoms with Crippen molar-refractivity contribution in [1.29, 1.82) is 0 Å². The van der Waals surface area contributed by atoms with Gasteiger partial charge in [0.2, 0.25) is 0 Å². The summed E-state index contributed by atoms with van der Waals surface area (Å²) < 4.78 is 9.50. The van der Waals surface area contributed by atoms with Gasteiger partial charge in [-0.1, -0.05) is 23.4 Å². The van der Waals surface area contributed by atoms with Gasteiger partial charge in [-0.3, -0.25) is 9.55 Å². The van der Waals surface area contributed by atoms with Crippen LogP contribution in [-0.2, 0) is 12.3 Å². The van der Waals surface area contributed by atoms with Crippen LogP contribution in [0, 0.1) is 0 Å². The highest BCUT2D eigenvalue weighted by molar-refractivity contribution is 7.98. The molecule has 0 aliphatic rings. The summed E-state index contributed by atoms with van der Waals surface area (Å²) in [5, 5.41) is 10.3. The zero-order valence-electron chi connectivity index (χ0n) is 15.1. The predicted molar refractivity (Wildman–Crippen MR) is 111 cm³/mol. The lowest BCUT2D eigenvalue weighted by atomic mass is 10.2. The summed E-state index contributed by atoms with van der Waals surface area (Å²) >= 11 is 7.64. The molecule has 0 atom stereocenters. The van der Waals surface area contributed by atoms with E-state index < -0.39 is 0 Å². The number of halogens is 1. The molecule has 0 radical (unpaired) electrons. The van der Waals surface area contributed by atoms with Crippen LogP contribution in [0.3, 0.4) is 0 Å². The number of fused-ring (bicyclic) bond motifs is 1. The molecule has 29 heavy (non-hydrogen) atoms. The normalized spacial score (nSPS) is 11.3. The molecule has 0 amide bonds. The molecule has 0 saturated heterocycles. The summed E-state index contributed by atoms with van der Waals surface area (Å²) in [4.78, 5) is 8.84. The Bertz CT molecular complexity index is 1250.